The number of carbonyl (C=O) groups excluding carboxylic acids is 2. The number of alkyl halides is 3. The SMILES string of the molecule is COc1ccc(NC(=O)N(CC23CC4CC(CC(C4)C2)C3)CC2(O)CCC3C45C=CC6(C=C4C(=O)c4ccc(-c7cc(C(F)(F)F)ccc7Cl)o4)CC(O)CCC6(C)C5CCC32C)cc1. The number of Topliss-reactive ketones (excluding diaryl/α,β-unsaturated/α-hetero) is 1. The van der Waals surface area contributed by atoms with Crippen molar-refractivity contribution in [2.75, 3.05) is 25.5 Å². The van der Waals surface area contributed by atoms with E-state index in [2.05, 4.69) is 37.4 Å². The predicted octanol–water partition coefficient (Wildman–Crippen LogP) is 12.2. The number of rotatable bonds is 9. The lowest BCUT2D eigenvalue weighted by molar-refractivity contribution is -0.176. The van der Waals surface area contributed by atoms with Gasteiger partial charge in [-0.05, 0) is 178 Å². The molecule has 6 bridgehead atoms. The number of ether oxygens (including phenoxy) is 1. The van der Waals surface area contributed by atoms with Gasteiger partial charge in [-0.15, -0.1) is 0 Å². The zero-order chi connectivity index (χ0) is 45.5. The average molecular weight is 914 g/mol. The molecule has 8 atom stereocenters. The van der Waals surface area contributed by atoms with E-state index in [0.717, 1.165) is 44.2 Å². The third kappa shape index (κ3) is 6.50. The van der Waals surface area contributed by atoms with E-state index >= 15 is 4.79 Å². The predicted molar refractivity (Wildman–Crippen MR) is 241 cm³/mol. The van der Waals surface area contributed by atoms with Gasteiger partial charge in [0.2, 0.25) is 5.78 Å². The van der Waals surface area contributed by atoms with E-state index in [0.29, 0.717) is 73.4 Å². The van der Waals surface area contributed by atoms with Crippen LogP contribution in [0.5, 0.6) is 5.75 Å². The van der Waals surface area contributed by atoms with Crippen molar-refractivity contribution in [3.63, 3.8) is 0 Å². The third-order valence-electron chi connectivity index (χ3n) is 19.1. The summed E-state index contributed by atoms with van der Waals surface area (Å²) >= 11 is 6.45. The van der Waals surface area contributed by atoms with Crippen LogP contribution in [0.1, 0.15) is 113 Å². The molecule has 12 heteroatoms. The number of anilines is 1. The third-order valence-corrected chi connectivity index (χ3v) is 19.4. The first-order chi connectivity index (χ1) is 30.8. The lowest BCUT2D eigenvalue weighted by Crippen LogP contribution is -2.67. The maximum atomic E-state index is 15.3. The van der Waals surface area contributed by atoms with E-state index in [9.17, 15) is 28.2 Å². The first kappa shape index (κ1) is 43.5. The molecule has 0 saturated heterocycles. The maximum absolute atomic E-state index is 15.3. The molecular weight excluding hydrogens is 853 g/mol. The Balaban J connectivity index is 0.961. The normalized spacial score (nSPS) is 39.6. The Morgan fingerprint density at radius 2 is 1.52 bits per heavy atom. The zero-order valence-corrected chi connectivity index (χ0v) is 38.2. The van der Waals surface area contributed by atoms with Gasteiger partial charge in [-0.25, -0.2) is 4.79 Å². The number of aliphatic hydroxyl groups excluding tert-OH is 1. The van der Waals surface area contributed by atoms with Gasteiger partial charge in [0.05, 0.1) is 35.9 Å². The highest BCUT2D eigenvalue weighted by Gasteiger charge is 2.75. The van der Waals surface area contributed by atoms with Crippen LogP contribution in [-0.4, -0.2) is 58.8 Å². The van der Waals surface area contributed by atoms with Gasteiger partial charge in [0.1, 0.15) is 11.5 Å². The van der Waals surface area contributed by atoms with Gasteiger partial charge >= 0.3 is 12.2 Å². The largest absolute Gasteiger partial charge is 0.497 e. The van der Waals surface area contributed by atoms with E-state index in [1.54, 1.807) is 7.11 Å². The topological polar surface area (TPSA) is 112 Å². The van der Waals surface area contributed by atoms with Crippen molar-refractivity contribution in [2.45, 2.75) is 115 Å². The lowest BCUT2D eigenvalue weighted by Gasteiger charge is -2.71. The summed E-state index contributed by atoms with van der Waals surface area (Å²) in [4.78, 5) is 32.0. The van der Waals surface area contributed by atoms with Crippen molar-refractivity contribution in [1.82, 2.24) is 4.90 Å². The van der Waals surface area contributed by atoms with Gasteiger partial charge in [-0.3, -0.25) is 4.79 Å². The number of benzene rings is 2. The van der Waals surface area contributed by atoms with Crippen molar-refractivity contribution >= 4 is 29.1 Å². The van der Waals surface area contributed by atoms with E-state index in [1.807, 2.05) is 29.2 Å². The van der Waals surface area contributed by atoms with Crippen LogP contribution >= 0.6 is 11.6 Å². The maximum Gasteiger partial charge on any atom is 0.416 e. The molecule has 8 nitrogen and oxygen atoms in total. The Morgan fingerprint density at radius 1 is 0.862 bits per heavy atom. The molecule has 0 radical (unpaired) electrons. The van der Waals surface area contributed by atoms with E-state index in [1.165, 1.54) is 37.5 Å². The van der Waals surface area contributed by atoms with Crippen molar-refractivity contribution in [1.29, 1.82) is 0 Å². The fraction of sp³-hybridized carbons (Fsp3) is 0.585. The van der Waals surface area contributed by atoms with Crippen molar-refractivity contribution < 1.29 is 42.1 Å². The second kappa shape index (κ2) is 14.7. The standard InChI is InChI=1S/C53H60ClF3N2O6/c1-47-15-12-36(60)27-50(47)18-19-52(39(28-50)45(61)42-11-10-41(65-42)38-23-34(53(55,56)57)4-9-40(38)54)43(47)13-16-48(2)44(52)14-17-51(48,63)30-59(46(62)58-35-5-7-37(64-3)8-6-35)29-49-24-31-20-32(25-49)22-33(21-31)26-49/h4-11,18-19,23,28,31-33,36,43-44,60,63H,12-17,20-22,24-27,29-30H2,1-3H3,(H,58,62). The van der Waals surface area contributed by atoms with Crippen molar-refractivity contribution in [3.8, 4) is 17.1 Å². The zero-order valence-electron chi connectivity index (χ0n) is 37.5. The van der Waals surface area contributed by atoms with Crippen LogP contribution < -0.4 is 10.1 Å². The number of nitrogens with zero attached hydrogens (tertiary/aromatic N) is 1. The van der Waals surface area contributed by atoms with Crippen molar-refractivity contribution in [3.05, 3.63) is 94.7 Å². The Kier molecular flexibility index (Phi) is 9.85. The molecule has 346 valence electrons. The number of allylic oxidation sites excluding steroid dienone is 4. The van der Waals surface area contributed by atoms with Gasteiger partial charge in [-0.2, -0.15) is 13.2 Å². The number of fused-ring (bicyclic) bond motifs is 1. The first-order valence-electron chi connectivity index (χ1n) is 23.9. The highest BCUT2D eigenvalue weighted by molar-refractivity contribution is 6.33. The quantitative estimate of drug-likeness (QED) is 0.146. The monoisotopic (exact) mass is 912 g/mol. The molecule has 2 spiro atoms. The Morgan fingerprint density at radius 3 is 2.20 bits per heavy atom. The smallest absolute Gasteiger partial charge is 0.416 e. The number of halogens is 4. The number of hydrogen-bond donors (Lipinski definition) is 3. The highest BCUT2D eigenvalue weighted by atomic mass is 35.5. The minimum absolute atomic E-state index is 0.000695. The molecule has 0 aliphatic heterocycles. The van der Waals surface area contributed by atoms with Crippen LogP contribution in [0.4, 0.5) is 23.7 Å². The summed E-state index contributed by atoms with van der Waals surface area (Å²) in [5, 5.41) is 28.0. The summed E-state index contributed by atoms with van der Waals surface area (Å²) in [5.41, 5.74) is -3.30. The lowest BCUT2D eigenvalue weighted by atomic mass is 9.32. The second-order valence-electron chi connectivity index (χ2n) is 22.4. The van der Waals surface area contributed by atoms with E-state index in [-0.39, 0.29) is 63.1 Å². The number of methoxy groups -OCH3 is 1. The fourth-order valence-electron chi connectivity index (χ4n) is 16.5. The van der Waals surface area contributed by atoms with Crippen LogP contribution in [0.15, 0.2) is 82.8 Å². The summed E-state index contributed by atoms with van der Waals surface area (Å²) in [6.45, 7) is 5.24. The van der Waals surface area contributed by atoms with Crippen LogP contribution in [0, 0.1) is 56.7 Å². The van der Waals surface area contributed by atoms with Crippen LogP contribution in [0.3, 0.4) is 0 Å². The summed E-state index contributed by atoms with van der Waals surface area (Å²) in [6, 6.07) is 13.2. The van der Waals surface area contributed by atoms with Gasteiger partial charge in [-0.1, -0.05) is 43.7 Å². The molecular formula is C53H60ClF3N2O6. The summed E-state index contributed by atoms with van der Waals surface area (Å²) in [5.74, 6) is 2.28. The number of urea groups is 1. The minimum atomic E-state index is -4.60. The summed E-state index contributed by atoms with van der Waals surface area (Å²) in [6.07, 6.45) is 13.0. The number of furan rings is 1. The molecule has 7 saturated carbocycles. The van der Waals surface area contributed by atoms with Gasteiger partial charge in [0.25, 0.3) is 0 Å². The molecule has 65 heavy (non-hydrogen) atoms. The molecule has 2 aromatic carbocycles. The number of aliphatic hydroxyl groups is 2. The van der Waals surface area contributed by atoms with Gasteiger partial charge < -0.3 is 29.6 Å². The van der Waals surface area contributed by atoms with Crippen LogP contribution in [0.25, 0.3) is 11.3 Å². The van der Waals surface area contributed by atoms with Gasteiger partial charge in [0, 0.05) is 39.6 Å². The summed E-state index contributed by atoms with van der Waals surface area (Å²) < 4.78 is 53.0. The summed E-state index contributed by atoms with van der Waals surface area (Å²) in [7, 11) is 1.61. The molecule has 3 N–H and O–H groups in total. The molecule has 10 aliphatic rings. The van der Waals surface area contributed by atoms with Crippen molar-refractivity contribution in [2.24, 2.45) is 56.7 Å². The average Bonchev–Trinajstić information content (AvgIpc) is 3.85. The molecule has 8 unspecified atom stereocenters. The number of nitrogens with one attached hydrogen (secondary N) is 1. The van der Waals surface area contributed by atoms with E-state index in [4.69, 9.17) is 20.8 Å². The number of hydrogen-bond acceptors (Lipinski definition) is 6. The Bertz CT molecular complexity index is 2460. The number of ketones is 1. The molecule has 13 rings (SSSR count). The highest BCUT2D eigenvalue weighted by Crippen LogP contribution is 2.78. The van der Waals surface area contributed by atoms with Crippen LogP contribution in [0.2, 0.25) is 5.02 Å². The molecule has 1 heterocycles. The van der Waals surface area contributed by atoms with Crippen LogP contribution in [-0.2, 0) is 6.18 Å². The number of carbonyl (C=O) groups is 2. The molecule has 1 aromatic heterocycles. The number of amides is 2. The van der Waals surface area contributed by atoms with E-state index < -0.39 is 39.7 Å². The fourth-order valence-corrected chi connectivity index (χ4v) is 16.7. The molecule has 3 aromatic rings. The van der Waals surface area contributed by atoms with Gasteiger partial charge in [0.15, 0.2) is 5.76 Å². The Labute approximate surface area is 384 Å². The first-order valence-corrected chi connectivity index (χ1v) is 24.3. The molecule has 7 fully saturated rings. The minimum Gasteiger partial charge on any atom is -0.497 e. The second-order valence-corrected chi connectivity index (χ2v) is 22.8. The Hall–Kier alpha value is -4.06. The molecule has 2 amide bonds. The molecule has 10 aliphatic carbocycles.